The number of carboxylic acid groups (broad SMARTS) is 1. The van der Waals surface area contributed by atoms with Crippen LogP contribution in [0.2, 0.25) is 18.1 Å². The predicted octanol–water partition coefficient (Wildman–Crippen LogP) is 5.57. The molecule has 3 atom stereocenters. The summed E-state index contributed by atoms with van der Waals surface area (Å²) < 4.78 is 18.2. The van der Waals surface area contributed by atoms with Crippen molar-refractivity contribution < 1.29 is 28.6 Å². The van der Waals surface area contributed by atoms with Gasteiger partial charge in [-0.1, -0.05) is 50.2 Å². The monoisotopic (exact) mass is 497 g/mol. The van der Waals surface area contributed by atoms with Gasteiger partial charge in [0.15, 0.2) is 8.32 Å². The Labute approximate surface area is 203 Å². The van der Waals surface area contributed by atoms with Gasteiger partial charge in [-0.3, -0.25) is 0 Å². The van der Waals surface area contributed by atoms with Crippen molar-refractivity contribution in [1.82, 2.24) is 5.32 Å². The van der Waals surface area contributed by atoms with E-state index in [2.05, 4.69) is 26.1 Å². The topological polar surface area (TPSA) is 94.1 Å². The molecule has 1 fully saturated rings. The Kier molecular flexibility index (Phi) is 9.44. The van der Waals surface area contributed by atoms with Gasteiger partial charge in [0.25, 0.3) is 0 Å². The second-order valence-electron chi connectivity index (χ2n) is 9.64. The molecular formula is C24H39NO6SSi. The van der Waals surface area contributed by atoms with E-state index < -0.39 is 43.1 Å². The van der Waals surface area contributed by atoms with Crippen molar-refractivity contribution in [2.24, 2.45) is 0 Å². The summed E-state index contributed by atoms with van der Waals surface area (Å²) in [4.78, 5) is 24.3. The van der Waals surface area contributed by atoms with Crippen LogP contribution in [0.25, 0.3) is 0 Å². The average Bonchev–Trinajstić information content (AvgIpc) is 2.74. The Morgan fingerprint density at radius 1 is 1.18 bits per heavy atom. The average molecular weight is 498 g/mol. The minimum atomic E-state index is -2.09. The number of ether oxygens (including phenoxy) is 2. The van der Waals surface area contributed by atoms with Gasteiger partial charge >= 0.3 is 12.1 Å². The lowest BCUT2D eigenvalue weighted by molar-refractivity contribution is -0.164. The summed E-state index contributed by atoms with van der Waals surface area (Å²) in [5, 5.41) is 13.1. The van der Waals surface area contributed by atoms with Crippen LogP contribution in [-0.2, 0) is 18.7 Å². The first kappa shape index (κ1) is 27.7. The van der Waals surface area contributed by atoms with E-state index in [0.29, 0.717) is 0 Å². The highest BCUT2D eigenvalue weighted by atomic mass is 32.2. The molecule has 0 aromatic heterocycles. The van der Waals surface area contributed by atoms with Crippen molar-refractivity contribution in [2.75, 3.05) is 6.61 Å². The van der Waals surface area contributed by atoms with Crippen LogP contribution in [0.1, 0.15) is 53.5 Å². The summed E-state index contributed by atoms with van der Waals surface area (Å²) in [5.41, 5.74) is 0.456. The van der Waals surface area contributed by atoms with Crippen molar-refractivity contribution in [3.05, 3.63) is 29.8 Å². The number of alkyl carbamates (subject to hydrolysis) is 1. The SMILES string of the molecule is CC[Si](CC)(CC)OC1CC(Sc2ccc(C)cc2)(C(=O)O)OCC1NC(=O)OC(C)(C)C. The van der Waals surface area contributed by atoms with E-state index >= 15 is 0 Å². The molecule has 2 rings (SSSR count). The van der Waals surface area contributed by atoms with Crippen molar-refractivity contribution in [1.29, 1.82) is 0 Å². The largest absolute Gasteiger partial charge is 0.478 e. The molecule has 1 saturated heterocycles. The van der Waals surface area contributed by atoms with Crippen LogP contribution < -0.4 is 5.32 Å². The Balaban J connectivity index is 2.33. The molecule has 1 heterocycles. The number of hydrogen-bond donors (Lipinski definition) is 2. The standard InChI is InChI=1S/C24H39NO6SSi/c1-8-33(9-2,10-3)31-20-15-24(21(26)27,32-18-13-11-17(4)12-14-18)29-16-19(20)25-22(28)30-23(5,6)7/h11-14,19-20H,8-10,15-16H2,1-7H3,(H,25,28)(H,26,27). The summed E-state index contributed by atoms with van der Waals surface area (Å²) in [6.45, 7) is 13.8. The summed E-state index contributed by atoms with van der Waals surface area (Å²) in [6, 6.07) is 9.96. The van der Waals surface area contributed by atoms with E-state index in [4.69, 9.17) is 13.9 Å². The molecule has 33 heavy (non-hydrogen) atoms. The van der Waals surface area contributed by atoms with Gasteiger partial charge in [-0.05, 0) is 58.0 Å². The number of rotatable bonds is 9. The molecule has 0 bridgehead atoms. The van der Waals surface area contributed by atoms with Crippen molar-refractivity contribution in [3.8, 4) is 0 Å². The number of aryl methyl sites for hydroxylation is 1. The first-order valence-corrected chi connectivity index (χ1v) is 15.0. The maximum Gasteiger partial charge on any atom is 0.408 e. The first-order chi connectivity index (χ1) is 15.4. The molecule has 2 N–H and O–H groups in total. The number of amides is 1. The number of hydrogen-bond acceptors (Lipinski definition) is 6. The van der Waals surface area contributed by atoms with Crippen LogP contribution in [0.5, 0.6) is 0 Å². The minimum absolute atomic E-state index is 0.0245. The van der Waals surface area contributed by atoms with E-state index in [-0.39, 0.29) is 13.0 Å². The molecular weight excluding hydrogens is 458 g/mol. The van der Waals surface area contributed by atoms with Crippen molar-refractivity contribution >= 4 is 32.1 Å². The quantitative estimate of drug-likeness (QED) is 0.431. The number of carboxylic acids is 1. The van der Waals surface area contributed by atoms with Gasteiger partial charge < -0.3 is 24.3 Å². The first-order valence-electron chi connectivity index (χ1n) is 11.7. The molecule has 0 radical (unpaired) electrons. The van der Waals surface area contributed by atoms with Crippen LogP contribution in [0.15, 0.2) is 29.2 Å². The van der Waals surface area contributed by atoms with Crippen LogP contribution >= 0.6 is 11.8 Å². The molecule has 1 aliphatic heterocycles. The third kappa shape index (κ3) is 7.47. The van der Waals surface area contributed by atoms with E-state index in [0.717, 1.165) is 28.6 Å². The van der Waals surface area contributed by atoms with Gasteiger partial charge in [0, 0.05) is 11.3 Å². The minimum Gasteiger partial charge on any atom is -0.478 e. The van der Waals surface area contributed by atoms with E-state index in [1.165, 1.54) is 11.8 Å². The zero-order chi connectivity index (χ0) is 24.9. The van der Waals surface area contributed by atoms with Crippen molar-refractivity contribution in [2.45, 2.75) is 101 Å². The highest BCUT2D eigenvalue weighted by Gasteiger charge is 2.51. The van der Waals surface area contributed by atoms with Crippen LogP contribution in [0.4, 0.5) is 4.79 Å². The van der Waals surface area contributed by atoms with Crippen LogP contribution in [0.3, 0.4) is 0 Å². The molecule has 1 aromatic rings. The number of aliphatic carboxylic acids is 1. The molecule has 1 aromatic carbocycles. The van der Waals surface area contributed by atoms with Crippen LogP contribution in [-0.4, -0.2) is 54.8 Å². The third-order valence-electron chi connectivity index (χ3n) is 6.08. The maximum absolute atomic E-state index is 12.5. The normalized spacial score (nSPS) is 23.7. The van der Waals surface area contributed by atoms with Gasteiger partial charge in [-0.2, -0.15) is 0 Å². The highest BCUT2D eigenvalue weighted by molar-refractivity contribution is 8.01. The summed E-state index contributed by atoms with van der Waals surface area (Å²) in [5.74, 6) is -1.05. The molecule has 7 nitrogen and oxygen atoms in total. The number of nitrogens with one attached hydrogen (secondary N) is 1. The Morgan fingerprint density at radius 3 is 2.24 bits per heavy atom. The molecule has 1 amide bonds. The highest BCUT2D eigenvalue weighted by Crippen LogP contribution is 2.43. The smallest absolute Gasteiger partial charge is 0.408 e. The third-order valence-corrected chi connectivity index (χ3v) is 12.0. The summed E-state index contributed by atoms with van der Waals surface area (Å²) >= 11 is 1.18. The molecule has 0 aliphatic carbocycles. The summed E-state index contributed by atoms with van der Waals surface area (Å²) in [6.07, 6.45) is -0.932. The Bertz CT molecular complexity index is 800. The maximum atomic E-state index is 12.5. The zero-order valence-electron chi connectivity index (χ0n) is 20.9. The fraction of sp³-hybridized carbons (Fsp3) is 0.667. The lowest BCUT2D eigenvalue weighted by Crippen LogP contribution is -2.61. The van der Waals surface area contributed by atoms with Gasteiger partial charge in [-0.25, -0.2) is 9.59 Å². The number of thioether (sulfide) groups is 1. The van der Waals surface area contributed by atoms with Gasteiger partial charge in [0.05, 0.1) is 18.8 Å². The van der Waals surface area contributed by atoms with E-state index in [1.807, 2.05) is 31.2 Å². The second kappa shape index (κ2) is 11.2. The molecule has 186 valence electrons. The van der Waals surface area contributed by atoms with Gasteiger partial charge in [0.1, 0.15) is 5.60 Å². The number of carbonyl (C=O) groups excluding carboxylic acids is 1. The van der Waals surface area contributed by atoms with Crippen LogP contribution in [0, 0.1) is 6.92 Å². The Morgan fingerprint density at radius 2 is 1.76 bits per heavy atom. The number of benzene rings is 1. The summed E-state index contributed by atoms with van der Waals surface area (Å²) in [7, 11) is -2.09. The lowest BCUT2D eigenvalue weighted by atomic mass is 10.0. The fourth-order valence-corrected chi connectivity index (χ4v) is 7.90. The van der Waals surface area contributed by atoms with Crippen molar-refractivity contribution in [3.63, 3.8) is 0 Å². The molecule has 0 spiro atoms. The number of carbonyl (C=O) groups is 2. The molecule has 0 saturated carbocycles. The molecule has 9 heteroatoms. The molecule has 3 unspecified atom stereocenters. The molecule has 1 aliphatic rings. The van der Waals surface area contributed by atoms with E-state index in [1.54, 1.807) is 20.8 Å². The van der Waals surface area contributed by atoms with Gasteiger partial charge in [-0.15, -0.1) is 0 Å². The predicted molar refractivity (Wildman–Crippen MR) is 133 cm³/mol. The zero-order valence-corrected chi connectivity index (χ0v) is 22.7. The second-order valence-corrected chi connectivity index (χ2v) is 15.7. The van der Waals surface area contributed by atoms with Gasteiger partial charge in [0.2, 0.25) is 4.93 Å². The fourth-order valence-electron chi connectivity index (χ4n) is 3.90. The Hall–Kier alpha value is -1.55. The lowest BCUT2D eigenvalue weighted by Gasteiger charge is -2.45. The van der Waals surface area contributed by atoms with E-state index in [9.17, 15) is 14.7 Å².